The Labute approximate surface area is 340 Å². The van der Waals surface area contributed by atoms with Gasteiger partial charge >= 0.3 is 0 Å². The molecule has 6 aliphatic rings. The number of pyridine rings is 2. The molecule has 6 unspecified atom stereocenters. The Morgan fingerprint density at radius 3 is 1.47 bits per heavy atom. The van der Waals surface area contributed by atoms with Gasteiger partial charge in [0.25, 0.3) is 0 Å². The molecule has 0 saturated carbocycles. The molecule has 6 fully saturated rings. The molecule has 3 aromatic carbocycles. The van der Waals surface area contributed by atoms with Crippen molar-refractivity contribution in [3.8, 4) is 23.3 Å². The first-order valence-corrected chi connectivity index (χ1v) is 21.5. The smallest absolute Gasteiger partial charge is 0.242 e. The predicted octanol–water partition coefficient (Wildman–Crippen LogP) is 9.22. The summed E-state index contributed by atoms with van der Waals surface area (Å²) in [6.45, 7) is 9.00. The summed E-state index contributed by atoms with van der Waals surface area (Å²) in [4.78, 5) is 14.8. The maximum atomic E-state index is 7.30. The molecule has 6 saturated heterocycles. The van der Waals surface area contributed by atoms with E-state index in [9.17, 15) is 0 Å². The minimum Gasteiger partial charge on any atom is -0.497 e. The normalized spacial score (nSPS) is 27.4. The lowest BCUT2D eigenvalue weighted by Gasteiger charge is -2.52. The maximum absolute atomic E-state index is 7.30. The monoisotopic (exact) mass is 778 g/mol. The van der Waals surface area contributed by atoms with Crippen molar-refractivity contribution >= 4 is 32.6 Å². The number of benzene rings is 3. The van der Waals surface area contributed by atoms with E-state index in [1.807, 2.05) is 36.7 Å². The van der Waals surface area contributed by atoms with Crippen LogP contribution in [0.1, 0.15) is 75.7 Å². The van der Waals surface area contributed by atoms with Crippen LogP contribution in [-0.2, 0) is 0 Å². The maximum Gasteiger partial charge on any atom is 0.242 e. The van der Waals surface area contributed by atoms with Gasteiger partial charge in [-0.2, -0.15) is 0 Å². The van der Waals surface area contributed by atoms with Crippen LogP contribution >= 0.6 is 0 Å². The molecule has 0 amide bonds. The van der Waals surface area contributed by atoms with E-state index in [0.717, 1.165) is 94.2 Å². The minimum atomic E-state index is -0.300. The highest BCUT2D eigenvalue weighted by molar-refractivity contribution is 5.91. The van der Waals surface area contributed by atoms with E-state index in [1.54, 1.807) is 14.2 Å². The molecule has 9 heterocycles. The van der Waals surface area contributed by atoms with E-state index in [1.165, 1.54) is 25.7 Å². The van der Waals surface area contributed by atoms with Crippen LogP contribution in [0.25, 0.3) is 32.6 Å². The molecular weight excluding hydrogens is 725 g/mol. The quantitative estimate of drug-likeness (QED) is 0.120. The van der Waals surface area contributed by atoms with Gasteiger partial charge in [-0.25, -0.2) is 0 Å². The number of methoxy groups -OCH3 is 2. The third-order valence-corrected chi connectivity index (χ3v) is 14.3. The van der Waals surface area contributed by atoms with Gasteiger partial charge in [-0.1, -0.05) is 38.8 Å². The third kappa shape index (κ3) is 6.58. The second kappa shape index (κ2) is 15.6. The van der Waals surface area contributed by atoms with Crippen molar-refractivity contribution < 1.29 is 18.9 Å². The Kier molecular flexibility index (Phi) is 10.0. The lowest BCUT2D eigenvalue weighted by Crippen LogP contribution is -2.56. The number of nitrogens with zero attached hydrogens (tertiary/aromatic N) is 6. The van der Waals surface area contributed by atoms with Crippen molar-refractivity contribution in [1.82, 2.24) is 30.0 Å². The van der Waals surface area contributed by atoms with Gasteiger partial charge in [0.15, 0.2) is 0 Å². The van der Waals surface area contributed by atoms with Crippen molar-refractivity contribution in [2.75, 3.05) is 40.4 Å². The standard InChI is InChI=1S/C48H54N6O4/c1-5-29-27-53-21-17-31(29)23-43(53)45(35-15-19-49-41-13-11-33(55-3)25-39(35)41)57-47-37-9-7-8-10-38(37)48(52-51-47)58-46(44-24-32-18-22-54(44)28-30(32)6-2)36-16-20-50-42-14-12-34(56-4)26-40(36)42/h7-16,19-20,25-26,29-32,43-46H,5-6,17-18,21-24,27-28H2,1-4H3/t29?,30?,31?,32?,43-,44-,45+,46+/m1/s1. The molecule has 0 spiro atoms. The van der Waals surface area contributed by atoms with Crippen molar-refractivity contribution in [3.63, 3.8) is 0 Å². The zero-order valence-electron chi connectivity index (χ0n) is 34.1. The van der Waals surface area contributed by atoms with Gasteiger partial charge in [-0.15, -0.1) is 10.2 Å². The molecule has 58 heavy (non-hydrogen) atoms. The number of aromatic nitrogens is 4. The SMILES string of the molecule is CCC1CN2CCC1C[C@@H]2[C@@H](Oc1nnc(O[C@@H](c2ccnc3ccc(OC)cc23)[C@H]2CC3CCN2CC3CC)c2ccccc12)c1ccnc2ccc(OC)cc12. The van der Waals surface area contributed by atoms with Crippen LogP contribution in [-0.4, -0.2) is 82.4 Å². The van der Waals surface area contributed by atoms with E-state index in [2.05, 4.69) is 72.2 Å². The van der Waals surface area contributed by atoms with E-state index in [4.69, 9.17) is 39.1 Å². The fourth-order valence-corrected chi connectivity index (χ4v) is 11.1. The molecule has 4 bridgehead atoms. The summed E-state index contributed by atoms with van der Waals surface area (Å²) < 4.78 is 26.0. The minimum absolute atomic E-state index is 0.180. The largest absolute Gasteiger partial charge is 0.497 e. The van der Waals surface area contributed by atoms with Crippen molar-refractivity contribution in [1.29, 1.82) is 0 Å². The topological polar surface area (TPSA) is 95.0 Å². The van der Waals surface area contributed by atoms with Gasteiger partial charge in [0.2, 0.25) is 11.8 Å². The molecule has 0 radical (unpaired) electrons. The average Bonchev–Trinajstić information content (AvgIpc) is 3.29. The first kappa shape index (κ1) is 37.2. The second-order valence-electron chi connectivity index (χ2n) is 17.0. The molecular formula is C48H54N6O4. The second-order valence-corrected chi connectivity index (χ2v) is 17.0. The van der Waals surface area contributed by atoms with Crippen molar-refractivity contribution in [2.45, 2.75) is 76.7 Å². The lowest BCUT2D eigenvalue weighted by atomic mass is 9.72. The predicted molar refractivity (Wildman–Crippen MR) is 227 cm³/mol. The molecule has 6 aromatic rings. The van der Waals surface area contributed by atoms with Crippen LogP contribution in [0.4, 0.5) is 0 Å². The molecule has 10 nitrogen and oxygen atoms in total. The Balaban J connectivity index is 1.06. The summed E-state index contributed by atoms with van der Waals surface area (Å²) >= 11 is 0. The zero-order valence-corrected chi connectivity index (χ0v) is 34.1. The molecule has 300 valence electrons. The van der Waals surface area contributed by atoms with Gasteiger partial charge in [-0.3, -0.25) is 19.8 Å². The van der Waals surface area contributed by atoms with Crippen LogP contribution in [0.3, 0.4) is 0 Å². The van der Waals surface area contributed by atoms with Gasteiger partial charge in [0.1, 0.15) is 23.7 Å². The fraction of sp³-hybridized carbons (Fsp3) is 0.458. The summed E-state index contributed by atoms with van der Waals surface area (Å²) in [6, 6.07) is 25.1. The summed E-state index contributed by atoms with van der Waals surface area (Å²) in [5.41, 5.74) is 4.01. The van der Waals surface area contributed by atoms with Gasteiger partial charge in [0, 0.05) is 47.4 Å². The third-order valence-electron chi connectivity index (χ3n) is 14.3. The van der Waals surface area contributed by atoms with Crippen LogP contribution in [0.15, 0.2) is 85.2 Å². The van der Waals surface area contributed by atoms with Crippen LogP contribution < -0.4 is 18.9 Å². The number of rotatable bonds is 12. The zero-order chi connectivity index (χ0) is 39.3. The highest BCUT2D eigenvalue weighted by Crippen LogP contribution is 2.47. The summed E-state index contributed by atoms with van der Waals surface area (Å²) in [5, 5.41) is 13.7. The van der Waals surface area contributed by atoms with E-state index in [0.29, 0.717) is 35.4 Å². The number of hydrogen-bond donors (Lipinski definition) is 0. The summed E-state index contributed by atoms with van der Waals surface area (Å²) in [5.74, 6) is 5.39. The number of fused-ring (bicyclic) bond motifs is 9. The van der Waals surface area contributed by atoms with Gasteiger partial charge in [0.05, 0.1) is 48.1 Å². The molecule has 12 rings (SSSR count). The first-order valence-electron chi connectivity index (χ1n) is 21.5. The highest BCUT2D eigenvalue weighted by atomic mass is 16.5. The Hall–Kier alpha value is -5.06. The fourth-order valence-electron chi connectivity index (χ4n) is 11.1. The van der Waals surface area contributed by atoms with E-state index in [-0.39, 0.29) is 24.3 Å². The highest BCUT2D eigenvalue weighted by Gasteiger charge is 2.46. The lowest BCUT2D eigenvalue weighted by molar-refractivity contribution is -0.0505. The van der Waals surface area contributed by atoms with Gasteiger partial charge in [-0.05, 0) is 123 Å². The number of piperidine rings is 6. The molecule has 10 atom stereocenters. The Morgan fingerprint density at radius 1 is 0.603 bits per heavy atom. The molecule has 0 aliphatic carbocycles. The number of ether oxygens (including phenoxy) is 4. The van der Waals surface area contributed by atoms with Crippen LogP contribution in [0, 0.1) is 23.7 Å². The van der Waals surface area contributed by atoms with Crippen LogP contribution in [0.2, 0.25) is 0 Å². The van der Waals surface area contributed by atoms with Gasteiger partial charge < -0.3 is 18.9 Å². The first-order chi connectivity index (χ1) is 28.5. The average molecular weight is 779 g/mol. The summed E-state index contributed by atoms with van der Waals surface area (Å²) in [7, 11) is 3.42. The Bertz CT molecular complexity index is 2280. The molecule has 10 heteroatoms. The van der Waals surface area contributed by atoms with Crippen molar-refractivity contribution in [2.24, 2.45) is 23.7 Å². The van der Waals surface area contributed by atoms with E-state index < -0.39 is 0 Å². The molecule has 6 aliphatic heterocycles. The van der Waals surface area contributed by atoms with E-state index >= 15 is 0 Å². The molecule has 0 N–H and O–H groups in total. The summed E-state index contributed by atoms with van der Waals surface area (Å²) in [6.07, 6.45) is 10.2. The van der Waals surface area contributed by atoms with Crippen molar-refractivity contribution in [3.05, 3.63) is 96.3 Å². The van der Waals surface area contributed by atoms with Crippen LogP contribution in [0.5, 0.6) is 23.3 Å². The number of hydrogen-bond acceptors (Lipinski definition) is 10. The Morgan fingerprint density at radius 2 is 1.07 bits per heavy atom. The molecule has 3 aromatic heterocycles.